The summed E-state index contributed by atoms with van der Waals surface area (Å²) in [5.74, 6) is 0. The Bertz CT molecular complexity index is 52.5. The number of nitrogens with one attached hydrogen (secondary N) is 2. The van der Waals surface area contributed by atoms with Gasteiger partial charge in [0.2, 0.25) is 0 Å². The monoisotopic (exact) mass is 164 g/mol. The minimum Gasteiger partial charge on any atom is -0.383 e. The highest BCUT2D eigenvalue weighted by molar-refractivity contribution is 7.80. The lowest BCUT2D eigenvalue weighted by atomic mass is 10.4. The summed E-state index contributed by atoms with van der Waals surface area (Å²) < 4.78 is 0. The number of hydrogen-bond donors (Lipinski definition) is 4. The van der Waals surface area contributed by atoms with E-state index >= 15 is 0 Å². The van der Waals surface area contributed by atoms with Crippen LogP contribution < -0.4 is 10.6 Å². The van der Waals surface area contributed by atoms with E-state index in [1.54, 1.807) is 6.92 Å². The molecule has 0 aromatic rings. The Balaban J connectivity index is 0.000000180. The van der Waals surface area contributed by atoms with Crippen molar-refractivity contribution in [3.05, 3.63) is 0 Å². The maximum absolute atomic E-state index is 7.92. The van der Waals surface area contributed by atoms with Crippen LogP contribution in [0.2, 0.25) is 0 Å². The summed E-state index contributed by atoms with van der Waals surface area (Å²) in [6.07, 6.45) is 0. The molecule has 0 radical (unpaired) electrons. The first-order valence-corrected chi connectivity index (χ1v) is 4.02. The van der Waals surface area contributed by atoms with Crippen LogP contribution in [-0.4, -0.2) is 36.7 Å². The normalized spacial score (nSPS) is 20.7. The fourth-order valence-corrected chi connectivity index (χ4v) is 0.604. The second kappa shape index (κ2) is 7.34. The van der Waals surface area contributed by atoms with Crippen molar-refractivity contribution in [3.8, 4) is 0 Å². The van der Waals surface area contributed by atoms with Gasteiger partial charge in [0.25, 0.3) is 0 Å². The highest BCUT2D eigenvalue weighted by Crippen LogP contribution is 1.78. The number of hydrogen-bond acceptors (Lipinski definition) is 4. The van der Waals surface area contributed by atoms with E-state index in [4.69, 9.17) is 5.11 Å². The topological polar surface area (TPSA) is 44.3 Å². The molecule has 10 heavy (non-hydrogen) atoms. The fraction of sp³-hybridized carbons (Fsp3) is 1.00. The largest absolute Gasteiger partial charge is 0.383 e. The van der Waals surface area contributed by atoms with E-state index in [1.165, 1.54) is 0 Å². The maximum atomic E-state index is 7.92. The Morgan fingerprint density at radius 1 is 1.20 bits per heavy atom. The number of thiol groups is 1. The van der Waals surface area contributed by atoms with Crippen LogP contribution in [0.4, 0.5) is 0 Å². The first-order valence-electron chi connectivity index (χ1n) is 3.51. The molecule has 0 spiro atoms. The third kappa shape index (κ3) is 11.1. The minimum absolute atomic E-state index is 0.472. The van der Waals surface area contributed by atoms with Gasteiger partial charge in [0, 0.05) is 26.2 Å². The molecule has 3 nitrogen and oxygen atoms in total. The van der Waals surface area contributed by atoms with Crippen molar-refractivity contribution < 1.29 is 5.11 Å². The van der Waals surface area contributed by atoms with Crippen LogP contribution in [0.1, 0.15) is 6.92 Å². The molecule has 0 aromatic heterocycles. The summed E-state index contributed by atoms with van der Waals surface area (Å²) in [4.78, 5) is 0. The van der Waals surface area contributed by atoms with Crippen molar-refractivity contribution in [1.29, 1.82) is 0 Å². The number of piperazine rings is 1. The van der Waals surface area contributed by atoms with Crippen molar-refractivity contribution in [3.63, 3.8) is 0 Å². The van der Waals surface area contributed by atoms with Gasteiger partial charge in [-0.25, -0.2) is 0 Å². The molecule has 3 N–H and O–H groups in total. The molecule has 1 rings (SSSR count). The Morgan fingerprint density at radius 2 is 1.40 bits per heavy atom. The number of rotatable bonds is 0. The molecule has 62 valence electrons. The Kier molecular flexibility index (Phi) is 7.51. The van der Waals surface area contributed by atoms with E-state index in [2.05, 4.69) is 23.3 Å². The Labute approximate surface area is 67.6 Å². The van der Waals surface area contributed by atoms with Crippen molar-refractivity contribution in [1.82, 2.24) is 10.6 Å². The predicted octanol–water partition coefficient (Wildman–Crippen LogP) is -0.566. The molecule has 1 unspecified atom stereocenters. The zero-order chi connectivity index (χ0) is 7.82. The van der Waals surface area contributed by atoms with Gasteiger partial charge in [-0.2, -0.15) is 0 Å². The molecule has 1 aliphatic heterocycles. The molecule has 1 fully saturated rings. The standard InChI is InChI=1S/C4H10N2.C2H6OS/c1-2-6-4-3-5-1;1-2(3)4/h5-6H,1-4H2;2-4H,1H3. The second-order valence-corrected chi connectivity index (χ2v) is 2.88. The van der Waals surface area contributed by atoms with Crippen LogP contribution in [0.25, 0.3) is 0 Å². The molecule has 0 amide bonds. The molecule has 1 saturated heterocycles. The molecule has 1 atom stereocenters. The Hall–Kier alpha value is 0.230. The van der Waals surface area contributed by atoms with Gasteiger partial charge in [0.05, 0.1) is 5.44 Å². The van der Waals surface area contributed by atoms with Gasteiger partial charge < -0.3 is 15.7 Å². The van der Waals surface area contributed by atoms with Crippen LogP contribution in [-0.2, 0) is 0 Å². The molecule has 4 heteroatoms. The van der Waals surface area contributed by atoms with Gasteiger partial charge in [-0.1, -0.05) is 0 Å². The van der Waals surface area contributed by atoms with Gasteiger partial charge in [0.1, 0.15) is 0 Å². The molecule has 1 aliphatic rings. The smallest absolute Gasteiger partial charge is 0.0936 e. The average Bonchev–Trinajstić information content (AvgIpc) is 1.90. The van der Waals surface area contributed by atoms with E-state index in [0.717, 1.165) is 26.2 Å². The molecule has 0 saturated carbocycles. The van der Waals surface area contributed by atoms with Gasteiger partial charge in [-0.15, -0.1) is 12.6 Å². The molecule has 1 heterocycles. The van der Waals surface area contributed by atoms with E-state index in [-0.39, 0.29) is 0 Å². The summed E-state index contributed by atoms with van der Waals surface area (Å²) in [6.45, 7) is 6.14. The van der Waals surface area contributed by atoms with E-state index in [9.17, 15) is 0 Å². The molecule has 0 bridgehead atoms. The predicted molar refractivity (Wildman–Crippen MR) is 46.4 cm³/mol. The average molecular weight is 164 g/mol. The van der Waals surface area contributed by atoms with Gasteiger partial charge in [-0.3, -0.25) is 0 Å². The summed E-state index contributed by atoms with van der Waals surface area (Å²) in [6, 6.07) is 0. The van der Waals surface area contributed by atoms with E-state index in [1.807, 2.05) is 0 Å². The van der Waals surface area contributed by atoms with Gasteiger partial charge >= 0.3 is 0 Å². The number of aliphatic hydroxyl groups excluding tert-OH is 1. The van der Waals surface area contributed by atoms with Crippen molar-refractivity contribution in [2.45, 2.75) is 12.4 Å². The quantitative estimate of drug-likeness (QED) is 0.286. The highest BCUT2D eigenvalue weighted by atomic mass is 32.1. The molecular weight excluding hydrogens is 148 g/mol. The summed E-state index contributed by atoms with van der Waals surface area (Å²) in [5, 5.41) is 14.4. The second-order valence-electron chi connectivity index (χ2n) is 2.13. The molecule has 0 aliphatic carbocycles. The molecule has 0 aromatic carbocycles. The summed E-state index contributed by atoms with van der Waals surface area (Å²) in [5.41, 5.74) is -0.472. The zero-order valence-electron chi connectivity index (χ0n) is 6.30. The lowest BCUT2D eigenvalue weighted by Crippen LogP contribution is -2.39. The highest BCUT2D eigenvalue weighted by Gasteiger charge is 1.91. The van der Waals surface area contributed by atoms with Crippen LogP contribution >= 0.6 is 12.6 Å². The lowest BCUT2D eigenvalue weighted by Gasteiger charge is -2.11. The summed E-state index contributed by atoms with van der Waals surface area (Å²) >= 11 is 3.52. The zero-order valence-corrected chi connectivity index (χ0v) is 7.19. The van der Waals surface area contributed by atoms with Crippen LogP contribution in [0.5, 0.6) is 0 Å². The first kappa shape index (κ1) is 10.2. The summed E-state index contributed by atoms with van der Waals surface area (Å²) in [7, 11) is 0. The number of aliphatic hydroxyl groups is 1. The van der Waals surface area contributed by atoms with E-state index < -0.39 is 5.44 Å². The SMILES string of the molecule is C1CNCCN1.CC(O)S. The van der Waals surface area contributed by atoms with E-state index in [0.29, 0.717) is 0 Å². The third-order valence-electron chi connectivity index (χ3n) is 0.957. The fourth-order valence-electron chi connectivity index (χ4n) is 0.604. The third-order valence-corrected chi connectivity index (χ3v) is 0.957. The van der Waals surface area contributed by atoms with Crippen molar-refractivity contribution >= 4 is 12.6 Å². The Morgan fingerprint density at radius 3 is 1.50 bits per heavy atom. The minimum atomic E-state index is -0.472. The van der Waals surface area contributed by atoms with Gasteiger partial charge in [0.15, 0.2) is 0 Å². The van der Waals surface area contributed by atoms with Crippen LogP contribution in [0, 0.1) is 0 Å². The maximum Gasteiger partial charge on any atom is 0.0936 e. The first-order chi connectivity index (χ1) is 4.73. The van der Waals surface area contributed by atoms with Crippen LogP contribution in [0.3, 0.4) is 0 Å². The van der Waals surface area contributed by atoms with Crippen molar-refractivity contribution in [2.75, 3.05) is 26.2 Å². The van der Waals surface area contributed by atoms with Crippen molar-refractivity contribution in [2.24, 2.45) is 0 Å². The lowest BCUT2D eigenvalue weighted by molar-refractivity contribution is 0.286. The van der Waals surface area contributed by atoms with Gasteiger partial charge in [-0.05, 0) is 6.92 Å². The molecular formula is C6H16N2OS. The van der Waals surface area contributed by atoms with Crippen LogP contribution in [0.15, 0.2) is 0 Å².